The number of carbonyl (C=O) groups is 1. The van der Waals surface area contributed by atoms with Crippen molar-refractivity contribution in [2.75, 3.05) is 13.3 Å². The summed E-state index contributed by atoms with van der Waals surface area (Å²) >= 11 is 0. The number of carbonyl (C=O) groups excluding carboxylic acids is 1. The van der Waals surface area contributed by atoms with Gasteiger partial charge in [0.25, 0.3) is 0 Å². The monoisotopic (exact) mass is 214 g/mol. The van der Waals surface area contributed by atoms with Crippen molar-refractivity contribution in [1.29, 1.82) is 0 Å². The minimum Gasteiger partial charge on any atom is -0.376 e. The van der Waals surface area contributed by atoms with E-state index in [0.717, 1.165) is 6.42 Å². The number of hydrogen-bond acceptors (Lipinski definition) is 2. The molecule has 0 saturated heterocycles. The summed E-state index contributed by atoms with van der Waals surface area (Å²) in [7, 11) is 0. The third-order valence-electron chi connectivity index (χ3n) is 2.01. The largest absolute Gasteiger partial charge is 0.376 e. The molecule has 88 valence electrons. The number of rotatable bonds is 8. The summed E-state index contributed by atoms with van der Waals surface area (Å²) in [6.45, 7) is 2.38. The van der Waals surface area contributed by atoms with Crippen LogP contribution in [0.1, 0.15) is 39.0 Å². The van der Waals surface area contributed by atoms with Crippen LogP contribution in [0.3, 0.4) is 0 Å². The maximum absolute atomic E-state index is 10.8. The molecule has 0 rings (SSSR count). The number of allylic oxidation sites excluding steroid dienone is 1. The number of unbranched alkanes of at least 4 members (excludes halogenated alkanes) is 4. The molecular weight excluding hydrogens is 192 g/mol. The molecule has 4 heteroatoms. The first-order chi connectivity index (χ1) is 7.31. The molecular formula is C11H22N2O2. The molecule has 0 aliphatic rings. The van der Waals surface area contributed by atoms with Crippen LogP contribution in [-0.4, -0.2) is 24.4 Å². The van der Waals surface area contributed by atoms with E-state index in [4.69, 9.17) is 5.11 Å². The topological polar surface area (TPSA) is 61.4 Å². The first kappa shape index (κ1) is 14.0. The Morgan fingerprint density at radius 2 is 2.00 bits per heavy atom. The second kappa shape index (κ2) is 11.0. The molecule has 0 bridgehead atoms. The van der Waals surface area contributed by atoms with Gasteiger partial charge in [0.2, 0.25) is 0 Å². The standard InChI is InChI=1S/C11H22N2O2/c1-2-3-4-5-6-7-8-9-12-11(15)13-10-14/h7-8,14H,2-6,9-10H2,1H3,(H2,12,13,15)/b8-7+. The van der Waals surface area contributed by atoms with Crippen LogP contribution in [0, 0.1) is 0 Å². The Hall–Kier alpha value is -1.03. The molecule has 0 aliphatic carbocycles. The summed E-state index contributed by atoms with van der Waals surface area (Å²) in [5.74, 6) is 0. The zero-order chi connectivity index (χ0) is 11.4. The van der Waals surface area contributed by atoms with Gasteiger partial charge in [0.15, 0.2) is 0 Å². The number of urea groups is 1. The van der Waals surface area contributed by atoms with Crippen LogP contribution in [0.25, 0.3) is 0 Å². The summed E-state index contributed by atoms with van der Waals surface area (Å²) in [5, 5.41) is 13.2. The molecule has 0 spiro atoms. The number of aliphatic hydroxyl groups is 1. The highest BCUT2D eigenvalue weighted by Crippen LogP contribution is 2.02. The van der Waals surface area contributed by atoms with Gasteiger partial charge >= 0.3 is 6.03 Å². The Balaban J connectivity index is 3.20. The molecule has 0 aliphatic heterocycles. The molecule has 0 unspecified atom stereocenters. The van der Waals surface area contributed by atoms with Crippen molar-refractivity contribution in [2.45, 2.75) is 39.0 Å². The van der Waals surface area contributed by atoms with Crippen molar-refractivity contribution >= 4 is 6.03 Å². The number of nitrogens with one attached hydrogen (secondary N) is 2. The van der Waals surface area contributed by atoms with Crippen molar-refractivity contribution in [2.24, 2.45) is 0 Å². The summed E-state index contributed by atoms with van der Waals surface area (Å²) < 4.78 is 0. The molecule has 0 radical (unpaired) electrons. The Labute approximate surface area is 91.8 Å². The lowest BCUT2D eigenvalue weighted by molar-refractivity contribution is 0.218. The van der Waals surface area contributed by atoms with E-state index in [1.807, 2.05) is 6.08 Å². The molecule has 4 nitrogen and oxygen atoms in total. The molecule has 0 aromatic heterocycles. The fourth-order valence-corrected chi connectivity index (χ4v) is 1.18. The van der Waals surface area contributed by atoms with Gasteiger partial charge in [0.1, 0.15) is 6.73 Å². The highest BCUT2D eigenvalue weighted by atomic mass is 16.3. The van der Waals surface area contributed by atoms with E-state index in [0.29, 0.717) is 6.54 Å². The highest BCUT2D eigenvalue weighted by molar-refractivity contribution is 5.73. The van der Waals surface area contributed by atoms with Crippen LogP contribution in [0.15, 0.2) is 12.2 Å². The average molecular weight is 214 g/mol. The van der Waals surface area contributed by atoms with E-state index in [1.165, 1.54) is 25.7 Å². The van der Waals surface area contributed by atoms with Crippen LogP contribution >= 0.6 is 0 Å². The average Bonchev–Trinajstić information content (AvgIpc) is 2.22. The predicted octanol–water partition coefficient (Wildman–Crippen LogP) is 1.76. The minimum absolute atomic E-state index is 0.327. The van der Waals surface area contributed by atoms with Crippen LogP contribution < -0.4 is 10.6 Å². The SMILES string of the molecule is CCCCCC/C=C/CNC(=O)NCO. The smallest absolute Gasteiger partial charge is 0.316 e. The molecule has 2 amide bonds. The van der Waals surface area contributed by atoms with E-state index >= 15 is 0 Å². The van der Waals surface area contributed by atoms with E-state index in [9.17, 15) is 4.79 Å². The van der Waals surface area contributed by atoms with E-state index < -0.39 is 0 Å². The summed E-state index contributed by atoms with van der Waals surface area (Å²) in [4.78, 5) is 10.8. The molecule has 3 N–H and O–H groups in total. The van der Waals surface area contributed by atoms with Gasteiger partial charge < -0.3 is 15.7 Å². The van der Waals surface area contributed by atoms with Crippen LogP contribution in [0.4, 0.5) is 4.79 Å². The summed E-state index contributed by atoms with van der Waals surface area (Å²) in [5.41, 5.74) is 0. The van der Waals surface area contributed by atoms with Crippen molar-refractivity contribution in [3.05, 3.63) is 12.2 Å². The van der Waals surface area contributed by atoms with Crippen LogP contribution in [0.2, 0.25) is 0 Å². The Bertz CT molecular complexity index is 181. The Morgan fingerprint density at radius 3 is 2.67 bits per heavy atom. The molecule has 0 fully saturated rings. The second-order valence-electron chi connectivity index (χ2n) is 3.37. The Morgan fingerprint density at radius 1 is 1.20 bits per heavy atom. The molecule has 15 heavy (non-hydrogen) atoms. The van der Waals surface area contributed by atoms with Gasteiger partial charge in [-0.05, 0) is 12.8 Å². The van der Waals surface area contributed by atoms with Gasteiger partial charge in [-0.25, -0.2) is 4.79 Å². The number of amides is 2. The molecule has 0 aromatic carbocycles. The van der Waals surface area contributed by atoms with Gasteiger partial charge in [0, 0.05) is 6.54 Å². The zero-order valence-electron chi connectivity index (χ0n) is 9.46. The zero-order valence-corrected chi connectivity index (χ0v) is 9.46. The lowest BCUT2D eigenvalue weighted by atomic mass is 10.1. The molecule has 0 aromatic rings. The van der Waals surface area contributed by atoms with Crippen molar-refractivity contribution in [1.82, 2.24) is 10.6 Å². The number of hydrogen-bond donors (Lipinski definition) is 3. The van der Waals surface area contributed by atoms with Gasteiger partial charge in [-0.1, -0.05) is 38.3 Å². The predicted molar refractivity (Wildman–Crippen MR) is 61.5 cm³/mol. The normalized spacial score (nSPS) is 10.5. The van der Waals surface area contributed by atoms with Gasteiger partial charge in [0.05, 0.1) is 0 Å². The van der Waals surface area contributed by atoms with E-state index in [1.54, 1.807) is 0 Å². The lowest BCUT2D eigenvalue weighted by Crippen LogP contribution is -2.35. The maximum Gasteiger partial charge on any atom is 0.316 e. The van der Waals surface area contributed by atoms with Crippen LogP contribution in [0.5, 0.6) is 0 Å². The van der Waals surface area contributed by atoms with Crippen molar-refractivity contribution in [3.63, 3.8) is 0 Å². The van der Waals surface area contributed by atoms with Gasteiger partial charge in [-0.15, -0.1) is 0 Å². The molecule has 0 heterocycles. The maximum atomic E-state index is 10.8. The molecule has 0 atom stereocenters. The third kappa shape index (κ3) is 10.9. The van der Waals surface area contributed by atoms with E-state index in [-0.39, 0.29) is 12.8 Å². The quantitative estimate of drug-likeness (QED) is 0.327. The minimum atomic E-state index is -0.340. The van der Waals surface area contributed by atoms with Gasteiger partial charge in [-0.2, -0.15) is 0 Å². The summed E-state index contributed by atoms with van der Waals surface area (Å²) in [6.07, 6.45) is 10.1. The van der Waals surface area contributed by atoms with Crippen molar-refractivity contribution < 1.29 is 9.90 Å². The molecule has 0 saturated carbocycles. The van der Waals surface area contributed by atoms with Crippen molar-refractivity contribution in [3.8, 4) is 0 Å². The third-order valence-corrected chi connectivity index (χ3v) is 2.01. The fourth-order valence-electron chi connectivity index (χ4n) is 1.18. The van der Waals surface area contributed by atoms with Gasteiger partial charge in [-0.3, -0.25) is 0 Å². The Kier molecular flexibility index (Phi) is 10.3. The van der Waals surface area contributed by atoms with E-state index in [2.05, 4.69) is 23.6 Å². The number of aliphatic hydroxyl groups excluding tert-OH is 1. The first-order valence-corrected chi connectivity index (χ1v) is 5.58. The summed E-state index contributed by atoms with van der Waals surface area (Å²) in [6, 6.07) is -0.340. The van der Waals surface area contributed by atoms with Crippen LogP contribution in [-0.2, 0) is 0 Å². The lowest BCUT2D eigenvalue weighted by Gasteiger charge is -2.01. The first-order valence-electron chi connectivity index (χ1n) is 5.58. The fraction of sp³-hybridized carbons (Fsp3) is 0.727. The second-order valence-corrected chi connectivity index (χ2v) is 3.37. The highest BCUT2D eigenvalue weighted by Gasteiger charge is 1.92.